The Morgan fingerprint density at radius 3 is 2.52 bits per heavy atom. The highest BCUT2D eigenvalue weighted by atomic mass is 35.5. The Kier molecular flexibility index (Phi) is 8.21. The van der Waals surface area contributed by atoms with Gasteiger partial charge in [0.15, 0.2) is 17.5 Å². The summed E-state index contributed by atoms with van der Waals surface area (Å²) in [6.07, 6.45) is -3.10. The Bertz CT molecular complexity index is 1740. The molecule has 220 valence electrons. The summed E-state index contributed by atoms with van der Waals surface area (Å²) >= 11 is 4.38. The lowest BCUT2D eigenvalue weighted by atomic mass is 10.0. The van der Waals surface area contributed by atoms with E-state index in [0.717, 1.165) is 5.39 Å². The Balaban J connectivity index is 1.41. The summed E-state index contributed by atoms with van der Waals surface area (Å²) in [5.74, 6) is 1.66. The third-order valence-corrected chi connectivity index (χ3v) is 8.20. The molecule has 42 heavy (non-hydrogen) atoms. The number of nitrogens with one attached hydrogen (secondary N) is 1. The van der Waals surface area contributed by atoms with Gasteiger partial charge in [-0.25, -0.2) is 0 Å². The summed E-state index contributed by atoms with van der Waals surface area (Å²) in [6, 6.07) is 12.5. The topological polar surface area (TPSA) is 110 Å². The maximum atomic E-state index is 14.0. The van der Waals surface area contributed by atoms with Crippen molar-refractivity contribution in [3.05, 3.63) is 77.2 Å². The van der Waals surface area contributed by atoms with Crippen LogP contribution in [0.2, 0.25) is 5.02 Å². The van der Waals surface area contributed by atoms with E-state index < -0.39 is 28.3 Å². The molecule has 3 aromatic heterocycles. The molecule has 2 atom stereocenters. The first kappa shape index (κ1) is 29.8. The first-order chi connectivity index (χ1) is 19.8. The number of ether oxygens (including phenoxy) is 2. The number of nitrogens with zero attached hydrogens (tertiary/aromatic N) is 5. The number of aromatic nitrogens is 5. The lowest BCUT2D eigenvalue weighted by Crippen LogP contribution is -2.45. The second-order valence-electron chi connectivity index (χ2n) is 10.3. The van der Waals surface area contributed by atoms with E-state index in [9.17, 15) is 17.7 Å². The second-order valence-corrected chi connectivity index (χ2v) is 12.7. The Morgan fingerprint density at radius 1 is 1.05 bits per heavy atom. The lowest BCUT2D eigenvalue weighted by molar-refractivity contribution is -0.153. The van der Waals surface area contributed by atoms with E-state index in [0.29, 0.717) is 39.7 Å². The average molecular weight is 619 g/mol. The number of pyridine rings is 1. The largest absolute Gasteiger partial charge is 0.598 e. The molecular weight excluding hydrogens is 593 g/mol. The van der Waals surface area contributed by atoms with E-state index >= 15 is 0 Å². The van der Waals surface area contributed by atoms with Crippen molar-refractivity contribution < 1.29 is 27.2 Å². The average Bonchev–Trinajstić information content (AvgIpc) is 3.35. The van der Waals surface area contributed by atoms with Crippen LogP contribution in [-0.4, -0.2) is 47.4 Å². The van der Waals surface area contributed by atoms with E-state index in [1.165, 1.54) is 22.7 Å². The van der Waals surface area contributed by atoms with Gasteiger partial charge in [0, 0.05) is 45.2 Å². The van der Waals surface area contributed by atoms with E-state index in [1.807, 2.05) is 12.1 Å². The molecule has 5 aromatic rings. The predicted molar refractivity (Wildman–Crippen MR) is 154 cm³/mol. The normalized spacial score (nSPS) is 13.8. The number of halogens is 4. The maximum Gasteiger partial charge on any atom is 0.412 e. The SMILES string of the molecule is COc1ccc2c(OCc3nnc4ccc(-c5ccc([C@@H](N[S+]([O-])C(C)(C)C)C(F)(F)F)c(Cl)c5)nn34)ccnc2c1. The quantitative estimate of drug-likeness (QED) is 0.204. The van der Waals surface area contributed by atoms with Crippen molar-refractivity contribution in [1.82, 2.24) is 29.5 Å². The van der Waals surface area contributed by atoms with Crippen LogP contribution in [0.4, 0.5) is 13.2 Å². The van der Waals surface area contributed by atoms with Crippen LogP contribution in [0, 0.1) is 0 Å². The molecule has 5 rings (SSSR count). The molecule has 0 aliphatic rings. The first-order valence-corrected chi connectivity index (χ1v) is 14.2. The van der Waals surface area contributed by atoms with Crippen LogP contribution in [0.3, 0.4) is 0 Å². The molecule has 0 fully saturated rings. The fourth-order valence-corrected chi connectivity index (χ4v) is 5.20. The number of rotatable bonds is 8. The van der Waals surface area contributed by atoms with Crippen LogP contribution >= 0.6 is 11.6 Å². The van der Waals surface area contributed by atoms with Gasteiger partial charge in [-0.2, -0.15) is 22.8 Å². The summed E-state index contributed by atoms with van der Waals surface area (Å²) in [5.41, 5.74) is 1.81. The summed E-state index contributed by atoms with van der Waals surface area (Å²) in [5, 5.41) is 13.5. The van der Waals surface area contributed by atoms with Crippen LogP contribution in [0.25, 0.3) is 27.8 Å². The first-order valence-electron chi connectivity index (χ1n) is 12.7. The molecule has 2 aromatic carbocycles. The van der Waals surface area contributed by atoms with Gasteiger partial charge in [0.05, 0.1) is 18.3 Å². The minimum absolute atomic E-state index is 0.0340. The van der Waals surface area contributed by atoms with Crippen molar-refractivity contribution in [3.63, 3.8) is 0 Å². The van der Waals surface area contributed by atoms with Gasteiger partial charge in [-0.1, -0.05) is 23.7 Å². The Labute approximate surface area is 247 Å². The molecule has 0 saturated heterocycles. The van der Waals surface area contributed by atoms with Crippen molar-refractivity contribution >= 4 is 39.5 Å². The van der Waals surface area contributed by atoms with Crippen LogP contribution in [0.1, 0.15) is 38.2 Å². The van der Waals surface area contributed by atoms with Crippen molar-refractivity contribution in [2.45, 2.75) is 44.3 Å². The van der Waals surface area contributed by atoms with Crippen LogP contribution in [0.15, 0.2) is 60.8 Å². The smallest absolute Gasteiger partial charge is 0.412 e. The number of hydrogen-bond acceptors (Lipinski definition) is 8. The zero-order valence-electron chi connectivity index (χ0n) is 22.9. The predicted octanol–water partition coefficient (Wildman–Crippen LogP) is 6.24. The molecule has 9 nitrogen and oxygen atoms in total. The van der Waals surface area contributed by atoms with Gasteiger partial charge in [-0.3, -0.25) is 4.98 Å². The molecule has 1 N–H and O–H groups in total. The highest BCUT2D eigenvalue weighted by Gasteiger charge is 2.46. The number of benzene rings is 2. The fourth-order valence-electron chi connectivity index (χ4n) is 4.09. The maximum absolute atomic E-state index is 14.0. The van der Waals surface area contributed by atoms with Crippen molar-refractivity contribution in [3.8, 4) is 22.8 Å². The number of methoxy groups -OCH3 is 1. The molecule has 0 saturated carbocycles. The van der Waals surface area contributed by atoms with E-state index in [2.05, 4.69) is 25.0 Å². The summed E-state index contributed by atoms with van der Waals surface area (Å²) in [6.45, 7) is 4.78. The van der Waals surface area contributed by atoms with Crippen molar-refractivity contribution in [2.75, 3.05) is 7.11 Å². The molecule has 0 bridgehead atoms. The van der Waals surface area contributed by atoms with Gasteiger partial charge in [-0.15, -0.1) is 14.9 Å². The Hall–Kier alpha value is -3.65. The summed E-state index contributed by atoms with van der Waals surface area (Å²) in [4.78, 5) is 4.35. The zero-order chi connectivity index (χ0) is 30.2. The summed E-state index contributed by atoms with van der Waals surface area (Å²) in [7, 11) is 1.58. The highest BCUT2D eigenvalue weighted by Crippen LogP contribution is 2.39. The minimum atomic E-state index is -4.73. The molecule has 0 amide bonds. The molecule has 14 heteroatoms. The second kappa shape index (κ2) is 11.6. The van der Waals surface area contributed by atoms with Gasteiger partial charge in [0.25, 0.3) is 0 Å². The molecule has 0 spiro atoms. The molecular formula is C28H26ClF3N6O3S. The Morgan fingerprint density at radius 2 is 1.83 bits per heavy atom. The number of fused-ring (bicyclic) bond motifs is 2. The molecule has 0 aliphatic carbocycles. The third kappa shape index (κ3) is 6.24. The minimum Gasteiger partial charge on any atom is -0.598 e. The molecule has 0 radical (unpaired) electrons. The third-order valence-electron chi connectivity index (χ3n) is 6.31. The van der Waals surface area contributed by atoms with Crippen LogP contribution in [0.5, 0.6) is 11.5 Å². The van der Waals surface area contributed by atoms with Gasteiger partial charge in [0.1, 0.15) is 22.9 Å². The van der Waals surface area contributed by atoms with Crippen LogP contribution in [-0.2, 0) is 18.0 Å². The van der Waals surface area contributed by atoms with Gasteiger partial charge < -0.3 is 14.0 Å². The monoisotopic (exact) mass is 618 g/mol. The molecule has 3 heterocycles. The summed E-state index contributed by atoms with van der Waals surface area (Å²) < 4.78 is 68.4. The number of alkyl halides is 3. The number of hydrogen-bond donors (Lipinski definition) is 1. The van der Waals surface area contributed by atoms with Gasteiger partial charge >= 0.3 is 6.18 Å². The van der Waals surface area contributed by atoms with Crippen molar-refractivity contribution in [1.29, 1.82) is 0 Å². The standard InChI is InChI=1S/C28H26ClF3N6O3S/c1-27(2,3)42(39)37-26(28(30,31)32)18-7-5-16(13-20(18)29)21-9-10-24-34-35-25(38(24)36-21)15-41-23-11-12-33-22-14-17(40-4)6-8-19(22)23/h5-14,26,37H,15H2,1-4H3/t26-,42?/m1/s1. The highest BCUT2D eigenvalue weighted by molar-refractivity contribution is 7.90. The van der Waals surface area contributed by atoms with E-state index in [4.69, 9.17) is 21.1 Å². The molecule has 1 unspecified atom stereocenters. The lowest BCUT2D eigenvalue weighted by Gasteiger charge is -2.29. The van der Waals surface area contributed by atoms with E-state index in [1.54, 1.807) is 58.3 Å². The van der Waals surface area contributed by atoms with Gasteiger partial charge in [-0.05, 0) is 57.2 Å². The van der Waals surface area contributed by atoms with E-state index in [-0.39, 0.29) is 17.2 Å². The van der Waals surface area contributed by atoms with Crippen molar-refractivity contribution in [2.24, 2.45) is 0 Å². The fraction of sp³-hybridized carbons (Fsp3) is 0.286. The molecule has 0 aliphatic heterocycles. The van der Waals surface area contributed by atoms with Gasteiger partial charge in [0.2, 0.25) is 0 Å². The zero-order valence-corrected chi connectivity index (χ0v) is 24.5. The van der Waals surface area contributed by atoms with Crippen LogP contribution < -0.4 is 14.2 Å².